The lowest BCUT2D eigenvalue weighted by Gasteiger charge is -2.40. The molecule has 0 saturated carbocycles. The number of benzene rings is 1. The van der Waals surface area contributed by atoms with Crippen LogP contribution in [-0.4, -0.2) is 67.1 Å². The number of rotatable bonds is 4. The average Bonchev–Trinajstić information content (AvgIpc) is 2.91. The maximum Gasteiger partial charge on any atom is 0.307 e. The molecule has 0 spiro atoms. The first-order valence-electron chi connectivity index (χ1n) is 7.54. The number of hydrogen-bond acceptors (Lipinski definition) is 6. The highest BCUT2D eigenvalue weighted by molar-refractivity contribution is 5.87. The monoisotopic (exact) mass is 337 g/mol. The Morgan fingerprint density at radius 2 is 1.83 bits per heavy atom. The summed E-state index contributed by atoms with van der Waals surface area (Å²) in [5, 5.41) is 49.2. The minimum atomic E-state index is -1.50. The molecule has 8 heteroatoms. The first-order valence-corrected chi connectivity index (χ1v) is 7.54. The van der Waals surface area contributed by atoms with Crippen molar-refractivity contribution in [2.24, 2.45) is 0 Å². The number of carbonyl (C=O) groups is 1. The molecule has 1 aromatic heterocycles. The summed E-state index contributed by atoms with van der Waals surface area (Å²) in [7, 11) is 0. The van der Waals surface area contributed by atoms with Crippen LogP contribution in [0.25, 0.3) is 10.9 Å². The van der Waals surface area contributed by atoms with Crippen molar-refractivity contribution in [1.82, 2.24) is 4.57 Å². The molecular formula is C16H19NO7. The van der Waals surface area contributed by atoms with Crippen molar-refractivity contribution >= 4 is 16.9 Å². The minimum Gasteiger partial charge on any atom is -0.481 e. The van der Waals surface area contributed by atoms with Crippen molar-refractivity contribution in [3.05, 3.63) is 36.0 Å². The molecule has 8 nitrogen and oxygen atoms in total. The number of para-hydroxylation sites is 1. The van der Waals surface area contributed by atoms with Crippen LogP contribution in [0.2, 0.25) is 0 Å². The normalized spacial score (nSPS) is 30.6. The van der Waals surface area contributed by atoms with Gasteiger partial charge >= 0.3 is 5.97 Å². The smallest absolute Gasteiger partial charge is 0.307 e. The number of aliphatic hydroxyl groups is 4. The Labute approximate surface area is 137 Å². The zero-order valence-corrected chi connectivity index (χ0v) is 12.7. The second kappa shape index (κ2) is 6.50. The molecule has 5 atom stereocenters. The van der Waals surface area contributed by atoms with Crippen molar-refractivity contribution < 1.29 is 35.1 Å². The number of aromatic nitrogens is 1. The number of aliphatic carboxylic acids is 1. The van der Waals surface area contributed by atoms with Gasteiger partial charge in [-0.2, -0.15) is 0 Å². The minimum absolute atomic E-state index is 0.203. The first-order chi connectivity index (χ1) is 11.4. The van der Waals surface area contributed by atoms with Gasteiger partial charge in [-0.15, -0.1) is 0 Å². The van der Waals surface area contributed by atoms with E-state index >= 15 is 0 Å². The lowest BCUT2D eigenvalue weighted by atomic mass is 9.98. The van der Waals surface area contributed by atoms with E-state index in [9.17, 15) is 25.2 Å². The van der Waals surface area contributed by atoms with Gasteiger partial charge in [0.2, 0.25) is 0 Å². The van der Waals surface area contributed by atoms with Gasteiger partial charge in [-0.1, -0.05) is 18.2 Å². The number of carboxylic acids is 1. The van der Waals surface area contributed by atoms with Gasteiger partial charge in [-0.25, -0.2) is 0 Å². The zero-order valence-electron chi connectivity index (χ0n) is 12.7. The summed E-state index contributed by atoms with van der Waals surface area (Å²) < 4.78 is 7.07. The molecule has 3 rings (SSSR count). The topological polar surface area (TPSA) is 132 Å². The molecule has 2 aromatic rings. The molecule has 1 aliphatic heterocycles. The van der Waals surface area contributed by atoms with Crippen LogP contribution in [0.1, 0.15) is 11.8 Å². The van der Waals surface area contributed by atoms with E-state index in [1.165, 1.54) is 4.57 Å². The molecule has 1 saturated heterocycles. The van der Waals surface area contributed by atoms with Gasteiger partial charge in [0.25, 0.3) is 0 Å². The van der Waals surface area contributed by atoms with Gasteiger partial charge in [-0.05, 0) is 11.6 Å². The van der Waals surface area contributed by atoms with Crippen LogP contribution in [0.4, 0.5) is 0 Å². The SMILES string of the molecule is O=C(O)Cc1cn(C2O[C@H](CO)[C@@H](O)[C@H](O)[C@H]2O)c2ccccc12. The number of aliphatic hydroxyl groups excluding tert-OH is 4. The van der Waals surface area contributed by atoms with Gasteiger partial charge < -0.3 is 34.8 Å². The fraction of sp³-hybridized carbons (Fsp3) is 0.438. The molecular weight excluding hydrogens is 318 g/mol. The molecule has 1 unspecified atom stereocenters. The average molecular weight is 337 g/mol. The van der Waals surface area contributed by atoms with Crippen LogP contribution >= 0.6 is 0 Å². The molecule has 5 N–H and O–H groups in total. The lowest BCUT2D eigenvalue weighted by Crippen LogP contribution is -2.56. The fourth-order valence-corrected chi connectivity index (χ4v) is 3.10. The molecule has 0 radical (unpaired) electrons. The molecule has 1 aromatic carbocycles. The summed E-state index contributed by atoms with van der Waals surface area (Å²) in [4.78, 5) is 11.1. The standard InChI is InChI=1S/C16H19NO7/c18-7-11-13(21)14(22)15(23)16(24-11)17-6-8(5-12(19)20)9-3-1-2-4-10(9)17/h1-4,6,11,13-16,18,21-23H,5,7H2,(H,19,20)/t11-,13-,14+,15-,16?/m1/s1. The zero-order chi connectivity index (χ0) is 17.4. The fourth-order valence-electron chi connectivity index (χ4n) is 3.10. The summed E-state index contributed by atoms with van der Waals surface area (Å²) in [6.07, 6.45) is -5.12. The Balaban J connectivity index is 2.06. The number of fused-ring (bicyclic) bond motifs is 1. The number of nitrogens with zero attached hydrogens (tertiary/aromatic N) is 1. The van der Waals surface area contributed by atoms with E-state index in [1.54, 1.807) is 30.5 Å². The van der Waals surface area contributed by atoms with Crippen LogP contribution in [0.3, 0.4) is 0 Å². The van der Waals surface area contributed by atoms with Crippen LogP contribution in [0.5, 0.6) is 0 Å². The van der Waals surface area contributed by atoms with Crippen LogP contribution in [0.15, 0.2) is 30.5 Å². The quantitative estimate of drug-likeness (QED) is 0.495. The van der Waals surface area contributed by atoms with Crippen molar-refractivity contribution in [1.29, 1.82) is 0 Å². The molecule has 1 aliphatic rings. The molecule has 24 heavy (non-hydrogen) atoms. The van der Waals surface area contributed by atoms with Crippen molar-refractivity contribution in [2.45, 2.75) is 37.1 Å². The Bertz CT molecular complexity index is 741. The van der Waals surface area contributed by atoms with E-state index in [0.29, 0.717) is 16.5 Å². The van der Waals surface area contributed by atoms with Gasteiger partial charge in [0.1, 0.15) is 24.4 Å². The van der Waals surface area contributed by atoms with Crippen LogP contribution in [0, 0.1) is 0 Å². The summed E-state index contributed by atoms with van der Waals surface area (Å²) >= 11 is 0. The summed E-state index contributed by atoms with van der Waals surface area (Å²) in [6.45, 7) is -0.525. The Morgan fingerprint density at radius 1 is 1.12 bits per heavy atom. The third-order valence-corrected chi connectivity index (χ3v) is 4.31. The Kier molecular flexibility index (Phi) is 4.57. The Morgan fingerprint density at radius 3 is 2.50 bits per heavy atom. The first kappa shape index (κ1) is 16.9. The molecule has 0 amide bonds. The summed E-state index contributed by atoms with van der Waals surface area (Å²) in [5.41, 5.74) is 1.16. The van der Waals surface area contributed by atoms with E-state index in [0.717, 1.165) is 0 Å². The highest BCUT2D eigenvalue weighted by atomic mass is 16.6. The highest BCUT2D eigenvalue weighted by Gasteiger charge is 2.44. The maximum absolute atomic E-state index is 11.1. The molecule has 1 fully saturated rings. The van der Waals surface area contributed by atoms with E-state index in [1.807, 2.05) is 0 Å². The summed E-state index contributed by atoms with van der Waals surface area (Å²) in [5.74, 6) is -0.994. The van der Waals surface area contributed by atoms with Gasteiger partial charge in [0, 0.05) is 11.6 Å². The number of hydrogen-bond donors (Lipinski definition) is 5. The van der Waals surface area contributed by atoms with Gasteiger partial charge in [0.05, 0.1) is 18.5 Å². The van der Waals surface area contributed by atoms with E-state index in [-0.39, 0.29) is 6.42 Å². The van der Waals surface area contributed by atoms with Crippen LogP contribution < -0.4 is 0 Å². The second-order valence-electron chi connectivity index (χ2n) is 5.87. The molecule has 2 heterocycles. The third-order valence-electron chi connectivity index (χ3n) is 4.31. The van der Waals surface area contributed by atoms with E-state index in [2.05, 4.69) is 0 Å². The highest BCUT2D eigenvalue weighted by Crippen LogP contribution is 2.33. The molecule has 0 aliphatic carbocycles. The number of carboxylic acid groups (broad SMARTS) is 1. The van der Waals surface area contributed by atoms with Crippen LogP contribution in [-0.2, 0) is 16.0 Å². The Hall–Kier alpha value is -1.97. The second-order valence-corrected chi connectivity index (χ2v) is 5.87. The van der Waals surface area contributed by atoms with Crippen molar-refractivity contribution in [2.75, 3.05) is 6.61 Å². The third kappa shape index (κ3) is 2.79. The predicted molar refractivity (Wildman–Crippen MR) is 82.3 cm³/mol. The van der Waals surface area contributed by atoms with Crippen molar-refractivity contribution in [3.8, 4) is 0 Å². The van der Waals surface area contributed by atoms with Gasteiger partial charge in [-0.3, -0.25) is 4.79 Å². The molecule has 130 valence electrons. The van der Waals surface area contributed by atoms with E-state index < -0.39 is 43.2 Å². The lowest BCUT2D eigenvalue weighted by molar-refractivity contribution is -0.250. The van der Waals surface area contributed by atoms with Gasteiger partial charge in [0.15, 0.2) is 6.23 Å². The molecule has 0 bridgehead atoms. The maximum atomic E-state index is 11.1. The van der Waals surface area contributed by atoms with E-state index in [4.69, 9.17) is 9.84 Å². The predicted octanol–water partition coefficient (Wildman–Crippen LogP) is -0.759. The van der Waals surface area contributed by atoms with Crippen molar-refractivity contribution in [3.63, 3.8) is 0 Å². The number of ether oxygens (including phenoxy) is 1. The largest absolute Gasteiger partial charge is 0.481 e. The summed E-state index contributed by atoms with van der Waals surface area (Å²) in [6, 6.07) is 7.02.